The highest BCUT2D eigenvalue weighted by molar-refractivity contribution is 8.27. The van der Waals surface area contributed by atoms with Crippen LogP contribution in [0.4, 0.5) is 32.0 Å². The van der Waals surface area contributed by atoms with Crippen LogP contribution in [-0.2, 0) is 17.1 Å². The molecule has 0 aliphatic carbocycles. The summed E-state index contributed by atoms with van der Waals surface area (Å²) in [5.74, 6) is -2.64. The third kappa shape index (κ3) is 5.50. The number of pyridine rings is 1. The van der Waals surface area contributed by atoms with Gasteiger partial charge in [-0.1, -0.05) is 30.0 Å². The minimum atomic E-state index is -5.03. The van der Waals surface area contributed by atoms with Crippen molar-refractivity contribution in [3.8, 4) is 17.0 Å². The molecule has 6 nitrogen and oxygen atoms in total. The molecule has 1 aliphatic heterocycles. The molecule has 2 N–H and O–H groups in total. The third-order valence-corrected chi connectivity index (χ3v) is 6.50. The summed E-state index contributed by atoms with van der Waals surface area (Å²) in [5, 5.41) is 19.0. The number of halogens is 6. The Hall–Kier alpha value is -3.91. The minimum absolute atomic E-state index is 0.0134. The number of hydrogen-bond acceptors (Lipinski definition) is 6. The maximum Gasteiger partial charge on any atom is 0.416 e. The topological polar surface area (TPSA) is 90.7 Å². The van der Waals surface area contributed by atoms with Gasteiger partial charge in [0.05, 0.1) is 33.1 Å². The lowest BCUT2D eigenvalue weighted by atomic mass is 10.0. The van der Waals surface area contributed by atoms with Gasteiger partial charge in [0.15, 0.2) is 4.32 Å². The normalized spacial score (nSPS) is 15.4. The molecule has 3 aromatic rings. The van der Waals surface area contributed by atoms with Crippen LogP contribution in [0, 0.1) is 0 Å². The Morgan fingerprint density at radius 2 is 1.61 bits per heavy atom. The van der Waals surface area contributed by atoms with Gasteiger partial charge in [-0.2, -0.15) is 26.3 Å². The standard InChI is InChI=1S/C24H12F6N2O4S2/c25-23(26,27)12-6-11(7-13(8-12)24(28,29)30)17-3-1-2-14(31-17)9-19-20(34)32(22(37)38-19)15-4-5-16(21(35)36)18(33)10-15/h1-10,33H,(H,35,36). The van der Waals surface area contributed by atoms with Gasteiger partial charge in [0.2, 0.25) is 0 Å². The van der Waals surface area contributed by atoms with Crippen molar-refractivity contribution < 1.29 is 46.1 Å². The number of phenols is 1. The smallest absolute Gasteiger partial charge is 0.416 e. The van der Waals surface area contributed by atoms with E-state index in [0.29, 0.717) is 12.1 Å². The number of carbonyl (C=O) groups excluding carboxylic acids is 1. The fourth-order valence-corrected chi connectivity index (χ4v) is 4.74. The average Bonchev–Trinajstić information content (AvgIpc) is 3.10. The highest BCUT2D eigenvalue weighted by Gasteiger charge is 2.37. The van der Waals surface area contributed by atoms with E-state index in [1.165, 1.54) is 30.3 Å². The van der Waals surface area contributed by atoms with Crippen LogP contribution < -0.4 is 4.90 Å². The first-order valence-corrected chi connectivity index (χ1v) is 11.5. The molecule has 0 unspecified atom stereocenters. The predicted octanol–water partition coefficient (Wildman–Crippen LogP) is 6.60. The summed E-state index contributed by atoms with van der Waals surface area (Å²) in [6.45, 7) is 0. The quantitative estimate of drug-likeness (QED) is 0.208. The molecule has 196 valence electrons. The molecule has 0 spiro atoms. The molecule has 0 radical (unpaired) electrons. The summed E-state index contributed by atoms with van der Waals surface area (Å²) in [5.41, 5.74) is -3.86. The number of rotatable bonds is 4. The van der Waals surface area contributed by atoms with Crippen LogP contribution in [0.2, 0.25) is 0 Å². The van der Waals surface area contributed by atoms with Crippen LogP contribution in [0.5, 0.6) is 5.75 Å². The Morgan fingerprint density at radius 1 is 0.974 bits per heavy atom. The number of benzene rings is 2. The predicted molar refractivity (Wildman–Crippen MR) is 130 cm³/mol. The van der Waals surface area contributed by atoms with E-state index in [-0.39, 0.29) is 37.9 Å². The number of aromatic nitrogens is 1. The molecule has 14 heteroatoms. The van der Waals surface area contributed by atoms with E-state index in [4.69, 9.17) is 17.3 Å². The van der Waals surface area contributed by atoms with Crippen LogP contribution in [0.1, 0.15) is 27.2 Å². The van der Waals surface area contributed by atoms with Gasteiger partial charge < -0.3 is 10.2 Å². The lowest BCUT2D eigenvalue weighted by Crippen LogP contribution is -2.27. The van der Waals surface area contributed by atoms with E-state index in [0.717, 1.165) is 28.8 Å². The number of carboxylic acid groups (broad SMARTS) is 1. The summed E-state index contributed by atoms with van der Waals surface area (Å²) in [4.78, 5) is 29.3. The van der Waals surface area contributed by atoms with E-state index in [1.54, 1.807) is 0 Å². The molecule has 0 bridgehead atoms. The number of amides is 1. The lowest BCUT2D eigenvalue weighted by molar-refractivity contribution is -0.143. The zero-order valence-corrected chi connectivity index (χ0v) is 20.1. The zero-order chi connectivity index (χ0) is 28.0. The molecule has 0 atom stereocenters. The summed E-state index contributed by atoms with van der Waals surface area (Å²) in [7, 11) is 0. The van der Waals surface area contributed by atoms with Gasteiger partial charge in [-0.05, 0) is 48.5 Å². The third-order valence-electron chi connectivity index (χ3n) is 5.20. The molecule has 1 aromatic heterocycles. The number of carboxylic acids is 1. The number of alkyl halides is 6. The van der Waals surface area contributed by atoms with Crippen molar-refractivity contribution in [3.63, 3.8) is 0 Å². The second-order valence-electron chi connectivity index (χ2n) is 7.77. The Balaban J connectivity index is 1.69. The molecule has 2 heterocycles. The van der Waals surface area contributed by atoms with Gasteiger partial charge in [0.25, 0.3) is 5.91 Å². The van der Waals surface area contributed by atoms with E-state index in [2.05, 4.69) is 4.98 Å². The molecule has 1 amide bonds. The Labute approximate surface area is 219 Å². The van der Waals surface area contributed by atoms with Crippen molar-refractivity contribution >= 4 is 51.9 Å². The molecule has 1 saturated heterocycles. The van der Waals surface area contributed by atoms with Crippen molar-refractivity contribution in [1.29, 1.82) is 0 Å². The Bertz CT molecular complexity index is 1490. The minimum Gasteiger partial charge on any atom is -0.507 e. The van der Waals surface area contributed by atoms with Crippen molar-refractivity contribution in [2.75, 3.05) is 4.90 Å². The zero-order valence-electron chi connectivity index (χ0n) is 18.5. The van der Waals surface area contributed by atoms with Crippen LogP contribution in [0.3, 0.4) is 0 Å². The fraction of sp³-hybridized carbons (Fsp3) is 0.0833. The number of aromatic carboxylic acids is 1. The van der Waals surface area contributed by atoms with Crippen LogP contribution >= 0.6 is 24.0 Å². The number of nitrogens with zero attached hydrogens (tertiary/aromatic N) is 2. The first-order chi connectivity index (χ1) is 17.6. The van der Waals surface area contributed by atoms with Crippen LogP contribution in [0.15, 0.2) is 59.5 Å². The van der Waals surface area contributed by atoms with Gasteiger partial charge in [-0.15, -0.1) is 0 Å². The van der Waals surface area contributed by atoms with Crippen molar-refractivity contribution in [2.45, 2.75) is 12.4 Å². The largest absolute Gasteiger partial charge is 0.507 e. The first-order valence-electron chi connectivity index (χ1n) is 10.3. The van der Waals surface area contributed by atoms with Crippen LogP contribution in [0.25, 0.3) is 17.3 Å². The number of carbonyl (C=O) groups is 2. The van der Waals surface area contributed by atoms with Crippen molar-refractivity contribution in [1.82, 2.24) is 4.98 Å². The van der Waals surface area contributed by atoms with E-state index < -0.39 is 46.7 Å². The van der Waals surface area contributed by atoms with Gasteiger partial charge >= 0.3 is 18.3 Å². The van der Waals surface area contributed by atoms with E-state index >= 15 is 0 Å². The summed E-state index contributed by atoms with van der Waals surface area (Å²) < 4.78 is 79.5. The van der Waals surface area contributed by atoms with Crippen molar-refractivity contribution in [3.05, 3.63) is 81.9 Å². The molecule has 4 rings (SSSR count). The molecule has 2 aromatic carbocycles. The Kier molecular flexibility index (Phi) is 6.97. The lowest BCUT2D eigenvalue weighted by Gasteiger charge is -2.15. The number of aromatic hydroxyl groups is 1. The summed E-state index contributed by atoms with van der Waals surface area (Å²) in [6.07, 6.45) is -8.80. The van der Waals surface area contributed by atoms with Crippen molar-refractivity contribution in [2.24, 2.45) is 0 Å². The number of thiocarbonyl (C=S) groups is 1. The number of thioether (sulfide) groups is 1. The summed E-state index contributed by atoms with van der Waals surface area (Å²) >= 11 is 6.05. The maximum atomic E-state index is 13.2. The Morgan fingerprint density at radius 3 is 2.16 bits per heavy atom. The molecule has 38 heavy (non-hydrogen) atoms. The molecule has 1 fully saturated rings. The number of anilines is 1. The molecule has 1 aliphatic rings. The van der Waals surface area contributed by atoms with Crippen LogP contribution in [-0.4, -0.2) is 31.4 Å². The van der Waals surface area contributed by atoms with E-state index in [1.807, 2.05) is 0 Å². The SMILES string of the molecule is O=C(O)c1ccc(N2C(=O)C(=Cc3cccc(-c4cc(C(F)(F)F)cc(C(F)(F)F)c4)n3)SC2=S)cc1O. The highest BCUT2D eigenvalue weighted by Crippen LogP contribution is 2.40. The van der Waals surface area contributed by atoms with E-state index in [9.17, 15) is 41.0 Å². The summed E-state index contributed by atoms with van der Waals surface area (Å²) in [6, 6.07) is 8.48. The second-order valence-corrected chi connectivity index (χ2v) is 9.44. The second kappa shape index (κ2) is 9.76. The number of hydrogen-bond donors (Lipinski definition) is 2. The monoisotopic (exact) mass is 570 g/mol. The van der Waals surface area contributed by atoms with Gasteiger partial charge in [0.1, 0.15) is 11.3 Å². The van der Waals surface area contributed by atoms with Gasteiger partial charge in [-0.3, -0.25) is 9.69 Å². The highest BCUT2D eigenvalue weighted by atomic mass is 32.2. The maximum absolute atomic E-state index is 13.2. The van der Waals surface area contributed by atoms with Gasteiger partial charge in [-0.25, -0.2) is 9.78 Å². The average molecular weight is 570 g/mol. The molecular formula is C24H12F6N2O4S2. The fourth-order valence-electron chi connectivity index (χ4n) is 3.46. The molecular weight excluding hydrogens is 558 g/mol. The van der Waals surface area contributed by atoms with Gasteiger partial charge in [0, 0.05) is 11.6 Å². The molecule has 0 saturated carbocycles. The first kappa shape index (κ1) is 27.1.